The zero-order chi connectivity index (χ0) is 30.7. The van der Waals surface area contributed by atoms with Gasteiger partial charge in [0.05, 0.1) is 0 Å². The van der Waals surface area contributed by atoms with E-state index in [1.54, 1.807) is 12.4 Å². The number of benzene rings is 5. The first-order chi connectivity index (χ1) is 22.6. The van der Waals surface area contributed by atoms with Crippen LogP contribution in [0.3, 0.4) is 0 Å². The summed E-state index contributed by atoms with van der Waals surface area (Å²) in [7, 11) is -3.16. The topological polar surface area (TPSA) is 69.1 Å². The van der Waals surface area contributed by atoms with Gasteiger partial charge in [0.1, 0.15) is 22.3 Å². The lowest BCUT2D eigenvalue weighted by atomic mass is 10.00. The monoisotopic (exact) mass is 612 g/mol. The van der Waals surface area contributed by atoms with Crippen molar-refractivity contribution < 1.29 is 13.4 Å². The Morgan fingerprint density at radius 1 is 0.457 bits per heavy atom. The number of fused-ring (bicyclic) bond motifs is 6. The molecule has 9 aromatic rings. The van der Waals surface area contributed by atoms with Crippen LogP contribution >= 0.6 is 7.14 Å². The van der Waals surface area contributed by atoms with Crippen molar-refractivity contribution in [2.45, 2.75) is 0 Å². The van der Waals surface area contributed by atoms with Crippen LogP contribution in [0.15, 0.2) is 161 Å². The van der Waals surface area contributed by atoms with Crippen molar-refractivity contribution in [2.75, 3.05) is 0 Å². The molecule has 0 saturated heterocycles. The van der Waals surface area contributed by atoms with Gasteiger partial charge in [0.2, 0.25) is 0 Å². The lowest BCUT2D eigenvalue weighted by Gasteiger charge is -2.20. The Balaban J connectivity index is 1.16. The molecule has 0 atom stereocenters. The molecule has 5 nitrogen and oxygen atoms in total. The van der Waals surface area contributed by atoms with Crippen LogP contribution in [0, 0.1) is 0 Å². The van der Waals surface area contributed by atoms with E-state index < -0.39 is 7.14 Å². The summed E-state index contributed by atoms with van der Waals surface area (Å²) < 4.78 is 27.2. The number of furan rings is 2. The van der Waals surface area contributed by atoms with E-state index in [-0.39, 0.29) is 0 Å². The average Bonchev–Trinajstić information content (AvgIpc) is 3.69. The SMILES string of the molecule is O=P(c1ccccc1)(c1ccccc1)c1cncc(-c2ccc3oc4ccc(-c5ccc6oc7cccnc7c6c5)cc4c3c2)c1. The fourth-order valence-corrected chi connectivity index (χ4v) is 9.02. The molecule has 0 fully saturated rings. The summed E-state index contributed by atoms with van der Waals surface area (Å²) in [5.74, 6) is 0. The Bertz CT molecular complexity index is 2580. The molecule has 0 N–H and O–H groups in total. The van der Waals surface area contributed by atoms with Crippen molar-refractivity contribution >= 4 is 67.1 Å². The van der Waals surface area contributed by atoms with Gasteiger partial charge < -0.3 is 13.4 Å². The molecule has 4 heterocycles. The summed E-state index contributed by atoms with van der Waals surface area (Å²) in [4.78, 5) is 9.14. The summed E-state index contributed by atoms with van der Waals surface area (Å²) in [5, 5.41) is 5.27. The van der Waals surface area contributed by atoms with E-state index in [0.717, 1.165) is 76.9 Å². The molecule has 0 spiro atoms. The van der Waals surface area contributed by atoms with Crippen molar-refractivity contribution in [3.05, 3.63) is 152 Å². The van der Waals surface area contributed by atoms with E-state index in [9.17, 15) is 4.57 Å². The Kier molecular flexibility index (Phi) is 6.02. The van der Waals surface area contributed by atoms with E-state index in [1.807, 2.05) is 109 Å². The first kappa shape index (κ1) is 26.6. The molecule has 0 amide bonds. The predicted molar refractivity (Wildman–Crippen MR) is 187 cm³/mol. The Morgan fingerprint density at radius 3 is 1.63 bits per heavy atom. The molecule has 0 saturated carbocycles. The first-order valence-electron chi connectivity index (χ1n) is 15.1. The Morgan fingerprint density at radius 2 is 1.00 bits per heavy atom. The molecule has 0 unspecified atom stereocenters. The third-order valence-corrected chi connectivity index (χ3v) is 11.7. The van der Waals surface area contributed by atoms with Gasteiger partial charge in [-0.05, 0) is 71.3 Å². The number of nitrogens with zero attached hydrogens (tertiary/aromatic N) is 2. The van der Waals surface area contributed by atoms with Gasteiger partial charge in [-0.15, -0.1) is 0 Å². The molecule has 0 aliphatic rings. The molecule has 0 bridgehead atoms. The van der Waals surface area contributed by atoms with Crippen LogP contribution in [0.1, 0.15) is 0 Å². The van der Waals surface area contributed by atoms with Gasteiger partial charge in [0.15, 0.2) is 12.7 Å². The maximum absolute atomic E-state index is 15.0. The van der Waals surface area contributed by atoms with Crippen LogP contribution in [-0.2, 0) is 4.57 Å². The molecular formula is C40H25N2O3P. The molecule has 0 radical (unpaired) electrons. The lowest BCUT2D eigenvalue weighted by Crippen LogP contribution is -2.25. The van der Waals surface area contributed by atoms with E-state index in [2.05, 4.69) is 40.3 Å². The smallest absolute Gasteiger partial charge is 0.172 e. The van der Waals surface area contributed by atoms with Crippen LogP contribution in [0.2, 0.25) is 0 Å². The summed E-state index contributed by atoms with van der Waals surface area (Å²) in [6.07, 6.45) is 5.35. The highest BCUT2D eigenvalue weighted by atomic mass is 31.2. The lowest BCUT2D eigenvalue weighted by molar-refractivity contribution is 0.592. The number of aromatic nitrogens is 2. The standard InChI is InChI=1S/C40H25N2O3P/c43-46(30-8-3-1-4-9-30,31-10-5-2-6-11-31)32-20-29(24-41-25-32)28-15-17-37-34(22-28)33-21-26(13-16-36(33)44-37)27-14-18-38-35(23-27)40-39(45-38)12-7-19-42-40/h1-25H. The van der Waals surface area contributed by atoms with Crippen LogP contribution in [0.25, 0.3) is 66.3 Å². The van der Waals surface area contributed by atoms with Gasteiger partial charge in [-0.2, -0.15) is 0 Å². The Hall–Kier alpha value is -5.77. The normalized spacial score (nSPS) is 12.0. The van der Waals surface area contributed by atoms with Crippen molar-refractivity contribution in [2.24, 2.45) is 0 Å². The molecule has 0 aliphatic carbocycles. The maximum Gasteiger partial charge on any atom is 0.172 e. The highest BCUT2D eigenvalue weighted by molar-refractivity contribution is 7.85. The highest BCUT2D eigenvalue weighted by Gasteiger charge is 2.30. The summed E-state index contributed by atoms with van der Waals surface area (Å²) in [5.41, 5.74) is 8.08. The molecule has 6 heteroatoms. The molecule has 218 valence electrons. The second-order valence-electron chi connectivity index (χ2n) is 11.4. The molecule has 46 heavy (non-hydrogen) atoms. The number of rotatable bonds is 5. The average molecular weight is 613 g/mol. The van der Waals surface area contributed by atoms with E-state index in [4.69, 9.17) is 8.83 Å². The van der Waals surface area contributed by atoms with Gasteiger partial charge in [0, 0.05) is 56.2 Å². The zero-order valence-electron chi connectivity index (χ0n) is 24.5. The molecular weight excluding hydrogens is 587 g/mol. The minimum atomic E-state index is -3.16. The van der Waals surface area contributed by atoms with E-state index in [1.165, 1.54) is 0 Å². The Labute approximate surface area is 264 Å². The molecule has 4 aromatic heterocycles. The maximum atomic E-state index is 15.0. The largest absolute Gasteiger partial charge is 0.456 e. The van der Waals surface area contributed by atoms with Crippen LogP contribution < -0.4 is 15.9 Å². The highest BCUT2D eigenvalue weighted by Crippen LogP contribution is 2.43. The third kappa shape index (κ3) is 4.21. The number of hydrogen-bond acceptors (Lipinski definition) is 5. The van der Waals surface area contributed by atoms with Gasteiger partial charge in [0.25, 0.3) is 0 Å². The van der Waals surface area contributed by atoms with Crippen LogP contribution in [0.5, 0.6) is 0 Å². The fourth-order valence-electron chi connectivity index (χ4n) is 6.39. The van der Waals surface area contributed by atoms with Gasteiger partial charge in [-0.1, -0.05) is 78.9 Å². The fraction of sp³-hybridized carbons (Fsp3) is 0. The minimum Gasteiger partial charge on any atom is -0.456 e. The van der Waals surface area contributed by atoms with Gasteiger partial charge >= 0.3 is 0 Å². The van der Waals surface area contributed by atoms with E-state index >= 15 is 0 Å². The van der Waals surface area contributed by atoms with E-state index in [0.29, 0.717) is 5.30 Å². The third-order valence-electron chi connectivity index (χ3n) is 8.69. The molecule has 0 aliphatic heterocycles. The molecule has 5 aromatic carbocycles. The van der Waals surface area contributed by atoms with Crippen molar-refractivity contribution in [1.29, 1.82) is 0 Å². The predicted octanol–water partition coefficient (Wildman–Crippen LogP) is 9.25. The van der Waals surface area contributed by atoms with Gasteiger partial charge in [-0.25, -0.2) is 0 Å². The summed E-state index contributed by atoms with van der Waals surface area (Å²) in [6.45, 7) is 0. The first-order valence-corrected chi connectivity index (χ1v) is 16.8. The second-order valence-corrected chi connectivity index (χ2v) is 14.2. The number of hydrogen-bond donors (Lipinski definition) is 0. The van der Waals surface area contributed by atoms with Gasteiger partial charge in [-0.3, -0.25) is 9.97 Å². The van der Waals surface area contributed by atoms with Crippen LogP contribution in [-0.4, -0.2) is 9.97 Å². The van der Waals surface area contributed by atoms with Crippen LogP contribution in [0.4, 0.5) is 0 Å². The van der Waals surface area contributed by atoms with Crippen molar-refractivity contribution in [1.82, 2.24) is 9.97 Å². The second kappa shape index (κ2) is 10.4. The summed E-state index contributed by atoms with van der Waals surface area (Å²) >= 11 is 0. The number of pyridine rings is 2. The molecule has 9 rings (SSSR count). The van der Waals surface area contributed by atoms with Crippen molar-refractivity contribution in [3.63, 3.8) is 0 Å². The minimum absolute atomic E-state index is 0.693. The quantitative estimate of drug-likeness (QED) is 0.181. The van der Waals surface area contributed by atoms with Crippen molar-refractivity contribution in [3.8, 4) is 22.3 Å². The summed E-state index contributed by atoms with van der Waals surface area (Å²) in [6, 6.07) is 43.9. The zero-order valence-corrected chi connectivity index (χ0v) is 25.4.